The number of ether oxygens (including phenoxy) is 2. The van der Waals surface area contributed by atoms with Gasteiger partial charge in [-0.25, -0.2) is 0 Å². The fraction of sp³-hybridized carbons (Fsp3) is 0.647. The molecule has 0 aromatic heterocycles. The van der Waals surface area contributed by atoms with Gasteiger partial charge in [0.05, 0.1) is 6.61 Å². The first kappa shape index (κ1) is 17.0. The van der Waals surface area contributed by atoms with Gasteiger partial charge in [0.15, 0.2) is 0 Å². The van der Waals surface area contributed by atoms with Gasteiger partial charge >= 0.3 is 0 Å². The van der Waals surface area contributed by atoms with Gasteiger partial charge in [-0.15, -0.1) is 0 Å². The zero-order valence-electron chi connectivity index (χ0n) is 13.2. The van der Waals surface area contributed by atoms with Crippen LogP contribution in [0.5, 0.6) is 5.75 Å². The smallest absolute Gasteiger partial charge is 0.119 e. The van der Waals surface area contributed by atoms with E-state index in [9.17, 15) is 0 Å². The Labute approximate surface area is 123 Å². The van der Waals surface area contributed by atoms with Crippen molar-refractivity contribution in [2.75, 3.05) is 26.4 Å². The molecular weight excluding hydrogens is 250 g/mol. The monoisotopic (exact) mass is 279 g/mol. The Bertz CT molecular complexity index is 335. The second kappa shape index (κ2) is 10.7. The summed E-state index contributed by atoms with van der Waals surface area (Å²) in [5, 5.41) is 3.42. The summed E-state index contributed by atoms with van der Waals surface area (Å²) in [5.74, 6) is 1.65. The average Bonchev–Trinajstić information content (AvgIpc) is 2.44. The summed E-state index contributed by atoms with van der Waals surface area (Å²) in [6.07, 6.45) is 2.16. The van der Waals surface area contributed by atoms with E-state index in [0.29, 0.717) is 5.92 Å². The van der Waals surface area contributed by atoms with Crippen LogP contribution in [0.15, 0.2) is 24.3 Å². The molecule has 0 amide bonds. The zero-order valence-corrected chi connectivity index (χ0v) is 13.2. The summed E-state index contributed by atoms with van der Waals surface area (Å²) in [5.41, 5.74) is 1.29. The van der Waals surface area contributed by atoms with E-state index in [1.54, 1.807) is 0 Å². The van der Waals surface area contributed by atoms with Crippen molar-refractivity contribution in [1.29, 1.82) is 0 Å². The maximum absolute atomic E-state index is 5.70. The van der Waals surface area contributed by atoms with Crippen LogP contribution in [-0.2, 0) is 11.3 Å². The van der Waals surface area contributed by atoms with Gasteiger partial charge in [0.25, 0.3) is 0 Å². The minimum atomic E-state index is 0.690. The minimum absolute atomic E-state index is 0.690. The highest BCUT2D eigenvalue weighted by Crippen LogP contribution is 2.13. The Morgan fingerprint density at radius 1 is 1.10 bits per heavy atom. The Balaban J connectivity index is 2.15. The van der Waals surface area contributed by atoms with E-state index in [-0.39, 0.29) is 0 Å². The predicted molar refractivity (Wildman–Crippen MR) is 84.2 cm³/mol. The standard InChI is InChI=1S/C17H29NO2/c1-4-19-12-5-11-18-14-16-6-8-17(9-7-16)20-13-10-15(2)3/h6-9,15,18H,4-5,10-14H2,1-3H3. The molecule has 0 atom stereocenters. The SMILES string of the molecule is CCOCCCNCc1ccc(OCCC(C)C)cc1. The van der Waals surface area contributed by atoms with Gasteiger partial charge in [0, 0.05) is 19.8 Å². The largest absolute Gasteiger partial charge is 0.494 e. The van der Waals surface area contributed by atoms with Crippen LogP contribution in [0.2, 0.25) is 0 Å². The van der Waals surface area contributed by atoms with E-state index in [4.69, 9.17) is 9.47 Å². The molecule has 1 N–H and O–H groups in total. The number of nitrogens with one attached hydrogen (secondary N) is 1. The van der Waals surface area contributed by atoms with Crippen LogP contribution in [0, 0.1) is 5.92 Å². The highest BCUT2D eigenvalue weighted by molar-refractivity contribution is 5.27. The summed E-state index contributed by atoms with van der Waals surface area (Å²) < 4.78 is 11.0. The third kappa shape index (κ3) is 8.18. The molecule has 0 aliphatic rings. The molecule has 3 heteroatoms. The van der Waals surface area contributed by atoms with Gasteiger partial charge in [-0.3, -0.25) is 0 Å². The van der Waals surface area contributed by atoms with Crippen molar-refractivity contribution in [3.63, 3.8) is 0 Å². The molecule has 0 aliphatic carbocycles. The van der Waals surface area contributed by atoms with E-state index in [0.717, 1.165) is 51.5 Å². The van der Waals surface area contributed by atoms with Crippen molar-refractivity contribution in [1.82, 2.24) is 5.32 Å². The molecule has 0 radical (unpaired) electrons. The second-order valence-electron chi connectivity index (χ2n) is 5.40. The van der Waals surface area contributed by atoms with Crippen LogP contribution in [0.1, 0.15) is 39.2 Å². The lowest BCUT2D eigenvalue weighted by Crippen LogP contribution is -2.16. The molecule has 0 spiro atoms. The number of hydrogen-bond donors (Lipinski definition) is 1. The van der Waals surface area contributed by atoms with Crippen molar-refractivity contribution in [3.8, 4) is 5.75 Å². The minimum Gasteiger partial charge on any atom is -0.494 e. The van der Waals surface area contributed by atoms with Gasteiger partial charge < -0.3 is 14.8 Å². The topological polar surface area (TPSA) is 30.5 Å². The molecule has 1 rings (SSSR count). The lowest BCUT2D eigenvalue weighted by atomic mass is 10.1. The number of rotatable bonds is 11. The van der Waals surface area contributed by atoms with Gasteiger partial charge in [0.1, 0.15) is 5.75 Å². The molecule has 0 unspecified atom stereocenters. The third-order valence-electron chi connectivity index (χ3n) is 3.06. The van der Waals surface area contributed by atoms with Crippen LogP contribution < -0.4 is 10.1 Å². The molecule has 114 valence electrons. The lowest BCUT2D eigenvalue weighted by Gasteiger charge is -2.09. The van der Waals surface area contributed by atoms with E-state index < -0.39 is 0 Å². The van der Waals surface area contributed by atoms with Crippen molar-refractivity contribution >= 4 is 0 Å². The van der Waals surface area contributed by atoms with Crippen LogP contribution in [-0.4, -0.2) is 26.4 Å². The van der Waals surface area contributed by atoms with Crippen molar-refractivity contribution in [2.24, 2.45) is 5.92 Å². The lowest BCUT2D eigenvalue weighted by molar-refractivity contribution is 0.144. The Hall–Kier alpha value is -1.06. The van der Waals surface area contributed by atoms with Gasteiger partial charge in [0.2, 0.25) is 0 Å². The molecular formula is C17H29NO2. The van der Waals surface area contributed by atoms with Crippen molar-refractivity contribution < 1.29 is 9.47 Å². The summed E-state index contributed by atoms with van der Waals surface area (Å²) in [6.45, 7) is 10.8. The fourth-order valence-electron chi connectivity index (χ4n) is 1.79. The molecule has 0 saturated heterocycles. The molecule has 0 fully saturated rings. The first-order valence-electron chi connectivity index (χ1n) is 7.72. The maximum atomic E-state index is 5.70. The summed E-state index contributed by atoms with van der Waals surface area (Å²) >= 11 is 0. The molecule has 3 nitrogen and oxygen atoms in total. The quantitative estimate of drug-likeness (QED) is 0.627. The molecule has 0 bridgehead atoms. The van der Waals surface area contributed by atoms with E-state index in [1.807, 2.05) is 6.92 Å². The average molecular weight is 279 g/mol. The molecule has 0 saturated carbocycles. The van der Waals surface area contributed by atoms with Crippen LogP contribution in [0.25, 0.3) is 0 Å². The van der Waals surface area contributed by atoms with Crippen molar-refractivity contribution in [3.05, 3.63) is 29.8 Å². The predicted octanol–water partition coefficient (Wildman–Crippen LogP) is 3.63. The van der Waals surface area contributed by atoms with Gasteiger partial charge in [-0.2, -0.15) is 0 Å². The highest BCUT2D eigenvalue weighted by atomic mass is 16.5. The molecule has 0 heterocycles. The Kier molecular flexibility index (Phi) is 9.09. The highest BCUT2D eigenvalue weighted by Gasteiger charge is 1.98. The number of benzene rings is 1. The third-order valence-corrected chi connectivity index (χ3v) is 3.06. The first-order chi connectivity index (χ1) is 9.72. The normalized spacial score (nSPS) is 11.0. The first-order valence-corrected chi connectivity index (χ1v) is 7.72. The van der Waals surface area contributed by atoms with Crippen molar-refractivity contribution in [2.45, 2.75) is 40.2 Å². The summed E-state index contributed by atoms with van der Waals surface area (Å²) in [7, 11) is 0. The second-order valence-corrected chi connectivity index (χ2v) is 5.40. The number of hydrogen-bond acceptors (Lipinski definition) is 3. The maximum Gasteiger partial charge on any atom is 0.119 e. The van der Waals surface area contributed by atoms with Crippen LogP contribution in [0.4, 0.5) is 0 Å². The molecule has 1 aromatic carbocycles. The van der Waals surface area contributed by atoms with Crippen LogP contribution in [0.3, 0.4) is 0 Å². The van der Waals surface area contributed by atoms with Gasteiger partial charge in [-0.1, -0.05) is 26.0 Å². The molecule has 20 heavy (non-hydrogen) atoms. The van der Waals surface area contributed by atoms with E-state index in [2.05, 4.69) is 43.4 Å². The van der Waals surface area contributed by atoms with Gasteiger partial charge in [-0.05, 0) is 49.9 Å². The van der Waals surface area contributed by atoms with Crippen LogP contribution >= 0.6 is 0 Å². The molecule has 0 aliphatic heterocycles. The van der Waals surface area contributed by atoms with E-state index >= 15 is 0 Å². The Morgan fingerprint density at radius 3 is 2.50 bits per heavy atom. The molecule has 1 aromatic rings. The summed E-state index contributed by atoms with van der Waals surface area (Å²) in [4.78, 5) is 0. The Morgan fingerprint density at radius 2 is 1.85 bits per heavy atom. The zero-order chi connectivity index (χ0) is 14.6. The van der Waals surface area contributed by atoms with E-state index in [1.165, 1.54) is 5.56 Å². The fourth-order valence-corrected chi connectivity index (χ4v) is 1.79. The summed E-state index contributed by atoms with van der Waals surface area (Å²) in [6, 6.07) is 8.36.